The summed E-state index contributed by atoms with van der Waals surface area (Å²) in [5.41, 5.74) is 5.55. The van der Waals surface area contributed by atoms with E-state index >= 15 is 0 Å². The molecule has 0 bridgehead atoms. The van der Waals surface area contributed by atoms with Crippen LogP contribution < -0.4 is 10.4 Å². The van der Waals surface area contributed by atoms with E-state index in [1.165, 1.54) is 32.7 Å². The predicted molar refractivity (Wildman–Crippen MR) is 104 cm³/mol. The largest absolute Gasteiger partial charge is 0.0622 e. The minimum absolute atomic E-state index is 1.01. The molecule has 0 nitrogen and oxygen atoms in total. The lowest BCUT2D eigenvalue weighted by atomic mass is 10.0. The summed E-state index contributed by atoms with van der Waals surface area (Å²) < 4.78 is 0. The van der Waals surface area contributed by atoms with Crippen LogP contribution in [-0.4, -0.2) is 0 Å². The van der Waals surface area contributed by atoms with Crippen LogP contribution in [0.1, 0.15) is 25.0 Å². The predicted octanol–water partition coefficient (Wildman–Crippen LogP) is 4.51. The third kappa shape index (κ3) is 4.23. The first-order valence-corrected chi connectivity index (χ1v) is 8.56. The number of rotatable bonds is 4. The van der Waals surface area contributed by atoms with Gasteiger partial charge in [0.2, 0.25) is 0 Å². The molecule has 24 heavy (non-hydrogen) atoms. The Hall–Kier alpha value is -2.60. The topological polar surface area (TPSA) is 0 Å². The van der Waals surface area contributed by atoms with Gasteiger partial charge in [-0.3, -0.25) is 0 Å². The zero-order valence-corrected chi connectivity index (χ0v) is 14.5. The Kier molecular flexibility index (Phi) is 5.28. The van der Waals surface area contributed by atoms with Crippen LogP contribution in [-0.2, 0) is 12.8 Å². The normalized spacial score (nSPS) is 10.4. The molecule has 0 saturated heterocycles. The highest BCUT2D eigenvalue weighted by atomic mass is 14.0. The molecule has 0 saturated carbocycles. The smallest absolute Gasteiger partial charge is 0.00609 e. The van der Waals surface area contributed by atoms with E-state index in [4.69, 9.17) is 0 Å². The molecule has 0 fully saturated rings. The van der Waals surface area contributed by atoms with Crippen molar-refractivity contribution in [3.8, 4) is 0 Å². The molecule has 0 unspecified atom stereocenters. The molecule has 0 N–H and O–H groups in total. The van der Waals surface area contributed by atoms with E-state index in [0.717, 1.165) is 12.8 Å². The minimum Gasteiger partial charge on any atom is -0.0622 e. The fraction of sp³-hybridized carbons (Fsp3) is 0.167. The summed E-state index contributed by atoms with van der Waals surface area (Å²) >= 11 is 0. The molecule has 0 atom stereocenters. The second kappa shape index (κ2) is 7.79. The zero-order valence-electron chi connectivity index (χ0n) is 14.5. The fourth-order valence-electron chi connectivity index (χ4n) is 3.05. The molecule has 120 valence electrons. The first kappa shape index (κ1) is 16.3. The average molecular weight is 312 g/mol. The van der Waals surface area contributed by atoms with Crippen molar-refractivity contribution >= 4 is 11.1 Å². The van der Waals surface area contributed by atoms with Crippen LogP contribution in [0.5, 0.6) is 0 Å². The molecule has 0 heteroatoms. The van der Waals surface area contributed by atoms with Gasteiger partial charge in [-0.05, 0) is 48.3 Å². The van der Waals surface area contributed by atoms with Crippen LogP contribution >= 0.6 is 0 Å². The van der Waals surface area contributed by atoms with E-state index in [1.54, 1.807) is 0 Å². The van der Waals surface area contributed by atoms with Crippen molar-refractivity contribution in [2.75, 3.05) is 0 Å². The monoisotopic (exact) mass is 312 g/mol. The highest BCUT2D eigenvalue weighted by Crippen LogP contribution is 2.08. The average Bonchev–Trinajstić information content (AvgIpc) is 2.63. The zero-order chi connectivity index (χ0) is 16.8. The van der Waals surface area contributed by atoms with Gasteiger partial charge >= 0.3 is 0 Å². The van der Waals surface area contributed by atoms with Crippen LogP contribution in [0.3, 0.4) is 0 Å². The quantitative estimate of drug-likeness (QED) is 0.665. The lowest BCUT2D eigenvalue weighted by Crippen LogP contribution is -2.13. The second-order valence-electron chi connectivity index (χ2n) is 6.46. The van der Waals surface area contributed by atoms with E-state index in [1.807, 2.05) is 0 Å². The van der Waals surface area contributed by atoms with Crippen LogP contribution in [0.25, 0.3) is 11.1 Å². The van der Waals surface area contributed by atoms with Gasteiger partial charge in [-0.25, -0.2) is 0 Å². The van der Waals surface area contributed by atoms with Crippen molar-refractivity contribution in [1.82, 2.24) is 0 Å². The maximum atomic E-state index is 2.25. The summed E-state index contributed by atoms with van der Waals surface area (Å²) in [4.78, 5) is 0. The van der Waals surface area contributed by atoms with Crippen LogP contribution in [0.4, 0.5) is 0 Å². The standard InChI is InChI=1S/C24H24/c1-19(17-21-9-5-3-6-10-21)23-13-15-24(16-14-23)20(2)18-22-11-7-4-8-12-22/h3-16H,17-18H2,1-2H3. The number of benzene rings is 3. The van der Waals surface area contributed by atoms with Gasteiger partial charge in [-0.1, -0.05) is 96.1 Å². The second-order valence-corrected chi connectivity index (χ2v) is 6.46. The molecule has 0 spiro atoms. The first-order chi connectivity index (χ1) is 11.7. The maximum absolute atomic E-state index is 2.25. The Labute approximate surface area is 144 Å². The van der Waals surface area contributed by atoms with Gasteiger partial charge in [-0.15, -0.1) is 0 Å². The van der Waals surface area contributed by atoms with E-state index in [-0.39, 0.29) is 0 Å². The van der Waals surface area contributed by atoms with E-state index in [2.05, 4.69) is 98.8 Å². The third-order valence-electron chi connectivity index (χ3n) is 4.49. The summed E-state index contributed by atoms with van der Waals surface area (Å²) in [6, 6.07) is 30.3. The van der Waals surface area contributed by atoms with Crippen molar-refractivity contribution < 1.29 is 0 Å². The van der Waals surface area contributed by atoms with Crippen molar-refractivity contribution in [2.24, 2.45) is 0 Å². The van der Waals surface area contributed by atoms with E-state index in [0.29, 0.717) is 0 Å². The SMILES string of the molecule is CC(Cc1ccccc1)=c1ccc(=C(C)Cc2ccccc2)cc1. The van der Waals surface area contributed by atoms with Crippen LogP contribution in [0, 0.1) is 0 Å². The van der Waals surface area contributed by atoms with Gasteiger partial charge in [0.15, 0.2) is 0 Å². The van der Waals surface area contributed by atoms with Gasteiger partial charge in [0, 0.05) is 0 Å². The summed E-state index contributed by atoms with van der Waals surface area (Å²) in [5.74, 6) is 0. The number of hydrogen-bond donors (Lipinski definition) is 0. The minimum atomic E-state index is 1.01. The molecule has 0 aliphatic heterocycles. The first-order valence-electron chi connectivity index (χ1n) is 8.56. The summed E-state index contributed by atoms with van der Waals surface area (Å²) in [6.07, 6.45) is 2.01. The Morgan fingerprint density at radius 3 is 1.17 bits per heavy atom. The molecule has 0 radical (unpaired) electrons. The summed E-state index contributed by atoms with van der Waals surface area (Å²) in [6.45, 7) is 4.45. The van der Waals surface area contributed by atoms with Gasteiger partial charge in [0.1, 0.15) is 0 Å². The van der Waals surface area contributed by atoms with Crippen molar-refractivity contribution in [3.05, 3.63) is 106 Å². The molecule has 0 aromatic heterocycles. The Bertz CT molecular complexity index is 801. The van der Waals surface area contributed by atoms with E-state index in [9.17, 15) is 0 Å². The molecule has 3 rings (SSSR count). The Balaban J connectivity index is 1.84. The Morgan fingerprint density at radius 2 is 0.833 bits per heavy atom. The maximum Gasteiger partial charge on any atom is -0.00609 e. The lowest BCUT2D eigenvalue weighted by molar-refractivity contribution is 1.23. The summed E-state index contributed by atoms with van der Waals surface area (Å²) in [7, 11) is 0. The lowest BCUT2D eigenvalue weighted by Gasteiger charge is -2.04. The molecule has 0 heterocycles. The van der Waals surface area contributed by atoms with Gasteiger partial charge in [0.05, 0.1) is 0 Å². The Morgan fingerprint density at radius 1 is 0.500 bits per heavy atom. The number of hydrogen-bond acceptors (Lipinski definition) is 0. The molecular formula is C24H24. The van der Waals surface area contributed by atoms with Gasteiger partial charge in [0.25, 0.3) is 0 Å². The molecule has 0 aliphatic carbocycles. The van der Waals surface area contributed by atoms with Crippen molar-refractivity contribution in [3.63, 3.8) is 0 Å². The van der Waals surface area contributed by atoms with E-state index < -0.39 is 0 Å². The summed E-state index contributed by atoms with van der Waals surface area (Å²) in [5, 5.41) is 2.66. The van der Waals surface area contributed by atoms with Crippen LogP contribution in [0.15, 0.2) is 84.9 Å². The van der Waals surface area contributed by atoms with Crippen molar-refractivity contribution in [2.45, 2.75) is 26.7 Å². The van der Waals surface area contributed by atoms with Gasteiger partial charge < -0.3 is 0 Å². The molecule has 3 aromatic carbocycles. The molecular weight excluding hydrogens is 288 g/mol. The molecule has 0 amide bonds. The van der Waals surface area contributed by atoms with Crippen molar-refractivity contribution in [1.29, 1.82) is 0 Å². The molecule has 3 aromatic rings. The fourth-order valence-corrected chi connectivity index (χ4v) is 3.05. The molecule has 0 aliphatic rings. The van der Waals surface area contributed by atoms with Gasteiger partial charge in [-0.2, -0.15) is 0 Å². The highest BCUT2D eigenvalue weighted by molar-refractivity contribution is 5.49. The third-order valence-corrected chi connectivity index (χ3v) is 4.49. The highest BCUT2D eigenvalue weighted by Gasteiger charge is 1.97. The van der Waals surface area contributed by atoms with Crippen LogP contribution in [0.2, 0.25) is 0 Å².